The monoisotopic (exact) mass is 410 g/mol. The van der Waals surface area contributed by atoms with Crippen molar-refractivity contribution in [3.63, 3.8) is 0 Å². The fraction of sp³-hybridized carbons (Fsp3) is 0.261. The van der Waals surface area contributed by atoms with E-state index in [1.165, 1.54) is 0 Å². The molecule has 1 heterocycles. The summed E-state index contributed by atoms with van der Waals surface area (Å²) in [6, 6.07) is 18.5. The molecule has 0 saturated carbocycles. The van der Waals surface area contributed by atoms with Gasteiger partial charge in [-0.3, -0.25) is 4.79 Å². The first kappa shape index (κ1) is 21.0. The van der Waals surface area contributed by atoms with E-state index in [4.69, 9.17) is 4.74 Å². The quantitative estimate of drug-likeness (QED) is 0.480. The first-order valence-electron chi connectivity index (χ1n) is 9.54. The summed E-state index contributed by atoms with van der Waals surface area (Å²) in [7, 11) is 1.64. The largest absolute Gasteiger partial charge is 0.497 e. The number of aliphatic hydroxyl groups is 1. The summed E-state index contributed by atoms with van der Waals surface area (Å²) < 4.78 is 5.24. The molecule has 29 heavy (non-hydrogen) atoms. The predicted octanol–water partition coefficient (Wildman–Crippen LogP) is 3.25. The van der Waals surface area contributed by atoms with Crippen LogP contribution in [0.15, 0.2) is 71.4 Å². The topological polar surface area (TPSA) is 70.6 Å². The molecule has 0 aliphatic heterocycles. The van der Waals surface area contributed by atoms with Crippen molar-refractivity contribution in [3.8, 4) is 5.75 Å². The molecule has 1 amide bonds. The number of ether oxygens (including phenoxy) is 1. The summed E-state index contributed by atoms with van der Waals surface area (Å²) in [5.74, 6) is 0.619. The summed E-state index contributed by atoms with van der Waals surface area (Å²) in [6.45, 7) is 0.965. The maximum absolute atomic E-state index is 12.6. The molecule has 0 unspecified atom stereocenters. The molecule has 152 valence electrons. The van der Waals surface area contributed by atoms with Crippen molar-refractivity contribution >= 4 is 17.2 Å². The Balaban J connectivity index is 1.60. The van der Waals surface area contributed by atoms with Crippen LogP contribution in [0, 0.1) is 0 Å². The van der Waals surface area contributed by atoms with Gasteiger partial charge in [0.2, 0.25) is 0 Å². The number of benzene rings is 2. The summed E-state index contributed by atoms with van der Waals surface area (Å²) in [5.41, 5.74) is 2.75. The number of hydrogen-bond acceptors (Lipinski definition) is 5. The van der Waals surface area contributed by atoms with Crippen molar-refractivity contribution in [2.24, 2.45) is 0 Å². The lowest BCUT2D eigenvalue weighted by atomic mass is 10.0. The van der Waals surface area contributed by atoms with Crippen LogP contribution < -0.4 is 15.4 Å². The fourth-order valence-electron chi connectivity index (χ4n) is 3.08. The number of rotatable bonds is 10. The molecule has 3 rings (SSSR count). The average Bonchev–Trinajstić information content (AvgIpc) is 3.27. The van der Waals surface area contributed by atoms with Gasteiger partial charge in [0, 0.05) is 18.7 Å². The van der Waals surface area contributed by atoms with Gasteiger partial charge in [-0.15, -0.1) is 0 Å². The molecular formula is C23H26N2O3S. The van der Waals surface area contributed by atoms with Crippen LogP contribution in [0.25, 0.3) is 0 Å². The zero-order valence-corrected chi connectivity index (χ0v) is 17.2. The van der Waals surface area contributed by atoms with Crippen LogP contribution in [0.3, 0.4) is 0 Å². The first-order valence-corrected chi connectivity index (χ1v) is 10.5. The molecular weight excluding hydrogens is 384 g/mol. The second-order valence-corrected chi connectivity index (χ2v) is 7.61. The fourth-order valence-corrected chi connectivity index (χ4v) is 3.76. The van der Waals surface area contributed by atoms with Gasteiger partial charge in [-0.25, -0.2) is 0 Å². The average molecular weight is 411 g/mol. The molecule has 0 aliphatic carbocycles. The number of hydrogen-bond donors (Lipinski definition) is 3. The maximum Gasteiger partial charge on any atom is 0.251 e. The van der Waals surface area contributed by atoms with Crippen LogP contribution in [-0.2, 0) is 13.0 Å². The Bertz CT molecular complexity index is 884. The maximum atomic E-state index is 12.6. The number of carbonyl (C=O) groups excluding carboxylic acids is 1. The molecule has 6 heteroatoms. The van der Waals surface area contributed by atoms with Gasteiger partial charge in [-0.2, -0.15) is 11.3 Å². The highest BCUT2D eigenvalue weighted by Gasteiger charge is 2.22. The third-order valence-corrected chi connectivity index (χ3v) is 5.40. The third kappa shape index (κ3) is 6.42. The predicted molar refractivity (Wildman–Crippen MR) is 116 cm³/mol. The normalized spacial score (nSPS) is 12.9. The molecule has 2 atom stereocenters. The number of aliphatic hydroxyl groups excluding tert-OH is 1. The standard InChI is InChI=1S/C23H26N2O3S/c1-28-20-9-5-6-17(12-20)14-24-15-22(26)21(13-18-10-11-29-16-18)25-23(27)19-7-3-2-4-8-19/h2-12,16,21-22,24,26H,13-15H2,1H3,(H,25,27)/t21-,22-/m0/s1. The molecule has 3 aromatic rings. The van der Waals surface area contributed by atoms with Crippen molar-refractivity contribution in [2.45, 2.75) is 25.1 Å². The van der Waals surface area contributed by atoms with E-state index in [0.717, 1.165) is 16.9 Å². The van der Waals surface area contributed by atoms with Crippen LogP contribution in [0.2, 0.25) is 0 Å². The van der Waals surface area contributed by atoms with Crippen molar-refractivity contribution in [2.75, 3.05) is 13.7 Å². The summed E-state index contributed by atoms with van der Waals surface area (Å²) in [6.07, 6.45) is -0.155. The lowest BCUT2D eigenvalue weighted by molar-refractivity contribution is 0.0830. The van der Waals surface area contributed by atoms with Crippen molar-refractivity contribution in [1.29, 1.82) is 0 Å². The highest BCUT2D eigenvalue weighted by molar-refractivity contribution is 7.07. The third-order valence-electron chi connectivity index (χ3n) is 4.67. The van der Waals surface area contributed by atoms with E-state index >= 15 is 0 Å². The van der Waals surface area contributed by atoms with Crippen LogP contribution in [-0.4, -0.2) is 36.8 Å². The molecule has 0 bridgehead atoms. The number of carbonyl (C=O) groups is 1. The summed E-state index contributed by atoms with van der Waals surface area (Å²) in [4.78, 5) is 12.6. The van der Waals surface area contributed by atoms with E-state index in [-0.39, 0.29) is 5.91 Å². The Morgan fingerprint density at radius 2 is 1.93 bits per heavy atom. The lowest BCUT2D eigenvalue weighted by Gasteiger charge is -2.24. The highest BCUT2D eigenvalue weighted by Crippen LogP contribution is 2.13. The van der Waals surface area contributed by atoms with Crippen LogP contribution in [0.4, 0.5) is 0 Å². The Labute approximate surface area is 175 Å². The van der Waals surface area contributed by atoms with Crippen molar-refractivity contribution < 1.29 is 14.6 Å². The second-order valence-electron chi connectivity index (χ2n) is 6.83. The van der Waals surface area contributed by atoms with E-state index in [9.17, 15) is 9.90 Å². The van der Waals surface area contributed by atoms with Gasteiger partial charge in [0.25, 0.3) is 5.91 Å². The van der Waals surface area contributed by atoms with E-state index in [1.54, 1.807) is 30.6 Å². The SMILES string of the molecule is COc1cccc(CNC[C@H](O)[C@H](Cc2ccsc2)NC(=O)c2ccccc2)c1. The molecule has 0 radical (unpaired) electrons. The Morgan fingerprint density at radius 1 is 1.10 bits per heavy atom. The van der Waals surface area contributed by atoms with Crippen molar-refractivity contribution in [3.05, 3.63) is 88.1 Å². The number of amides is 1. The van der Waals surface area contributed by atoms with Gasteiger partial charge in [0.05, 0.1) is 19.3 Å². The van der Waals surface area contributed by atoms with E-state index in [2.05, 4.69) is 10.6 Å². The molecule has 0 aliphatic rings. The summed E-state index contributed by atoms with van der Waals surface area (Å²) in [5, 5.41) is 21.1. The van der Waals surface area contributed by atoms with E-state index in [0.29, 0.717) is 25.1 Å². The summed E-state index contributed by atoms with van der Waals surface area (Å²) >= 11 is 1.61. The molecule has 0 fully saturated rings. The van der Waals surface area contributed by atoms with Gasteiger partial charge in [-0.05, 0) is 58.6 Å². The highest BCUT2D eigenvalue weighted by atomic mass is 32.1. The molecule has 0 spiro atoms. The number of methoxy groups -OCH3 is 1. The van der Waals surface area contributed by atoms with Crippen LogP contribution in [0.5, 0.6) is 5.75 Å². The second kappa shape index (κ2) is 10.8. The lowest BCUT2D eigenvalue weighted by Crippen LogP contribution is -2.48. The number of thiophene rings is 1. The minimum Gasteiger partial charge on any atom is -0.497 e. The Morgan fingerprint density at radius 3 is 2.66 bits per heavy atom. The van der Waals surface area contributed by atoms with E-state index in [1.807, 2.05) is 59.3 Å². The minimum absolute atomic E-state index is 0.183. The first-order chi connectivity index (χ1) is 14.2. The molecule has 2 aromatic carbocycles. The van der Waals surface area contributed by atoms with E-state index < -0.39 is 12.1 Å². The van der Waals surface area contributed by atoms with Gasteiger partial charge < -0.3 is 20.5 Å². The van der Waals surface area contributed by atoms with Crippen LogP contribution >= 0.6 is 11.3 Å². The molecule has 1 aromatic heterocycles. The Hall–Kier alpha value is -2.67. The number of nitrogens with one attached hydrogen (secondary N) is 2. The minimum atomic E-state index is -0.729. The van der Waals surface area contributed by atoms with Crippen molar-refractivity contribution in [1.82, 2.24) is 10.6 Å². The molecule has 3 N–H and O–H groups in total. The molecule has 0 saturated heterocycles. The van der Waals surface area contributed by atoms with Gasteiger partial charge in [-0.1, -0.05) is 30.3 Å². The Kier molecular flexibility index (Phi) is 7.81. The van der Waals surface area contributed by atoms with Crippen LogP contribution in [0.1, 0.15) is 21.5 Å². The smallest absolute Gasteiger partial charge is 0.251 e. The zero-order valence-electron chi connectivity index (χ0n) is 16.4. The molecule has 5 nitrogen and oxygen atoms in total. The van der Waals surface area contributed by atoms with Gasteiger partial charge in [0.1, 0.15) is 5.75 Å². The van der Waals surface area contributed by atoms with Gasteiger partial charge >= 0.3 is 0 Å². The van der Waals surface area contributed by atoms with Gasteiger partial charge in [0.15, 0.2) is 0 Å². The zero-order chi connectivity index (χ0) is 20.5.